The lowest BCUT2D eigenvalue weighted by atomic mass is 9.96. The van der Waals surface area contributed by atoms with Gasteiger partial charge in [0.1, 0.15) is 0 Å². The van der Waals surface area contributed by atoms with Crippen molar-refractivity contribution in [3.05, 3.63) is 35.9 Å². The molecular weight excluding hydrogens is 212 g/mol. The molecule has 0 saturated heterocycles. The lowest BCUT2D eigenvalue weighted by Gasteiger charge is -2.27. The Morgan fingerprint density at radius 1 is 1.29 bits per heavy atom. The molecule has 0 aliphatic carbocycles. The average Bonchev–Trinajstić information content (AvgIpc) is 2.27. The molecule has 0 fully saturated rings. The molecule has 0 amide bonds. The van der Waals surface area contributed by atoms with Gasteiger partial charge in [0.2, 0.25) is 0 Å². The number of likely N-dealkylation sites (N-methyl/N-ethyl adjacent to an activating group) is 1. The summed E-state index contributed by atoms with van der Waals surface area (Å²) in [6, 6.07) is 10.1. The van der Waals surface area contributed by atoms with Crippen LogP contribution in [0.1, 0.15) is 19.4 Å². The molecule has 2 N–H and O–H groups in total. The average molecular weight is 236 g/mol. The Morgan fingerprint density at radius 3 is 2.41 bits per heavy atom. The molecule has 0 saturated carbocycles. The first-order valence-electron chi connectivity index (χ1n) is 6.08. The van der Waals surface area contributed by atoms with Crippen LogP contribution in [0, 0.1) is 0 Å². The summed E-state index contributed by atoms with van der Waals surface area (Å²) in [5.74, 6) is 0. The van der Waals surface area contributed by atoms with Gasteiger partial charge in [0, 0.05) is 19.1 Å². The van der Waals surface area contributed by atoms with Crippen LogP contribution in [-0.4, -0.2) is 43.2 Å². The van der Waals surface area contributed by atoms with Crippen LogP contribution < -0.4 is 5.32 Å². The summed E-state index contributed by atoms with van der Waals surface area (Å²) >= 11 is 0. The van der Waals surface area contributed by atoms with Crippen LogP contribution in [0.3, 0.4) is 0 Å². The SMILES string of the molecule is CC(CN(C)C)NCC(C)(O)c1ccccc1. The van der Waals surface area contributed by atoms with Gasteiger partial charge in [-0.25, -0.2) is 0 Å². The Bertz CT molecular complexity index is 322. The summed E-state index contributed by atoms with van der Waals surface area (Å²) < 4.78 is 0. The van der Waals surface area contributed by atoms with E-state index in [0.717, 1.165) is 12.1 Å². The first kappa shape index (κ1) is 14.2. The molecule has 0 aromatic heterocycles. The molecule has 17 heavy (non-hydrogen) atoms. The van der Waals surface area contributed by atoms with Crippen molar-refractivity contribution in [1.29, 1.82) is 0 Å². The van der Waals surface area contributed by atoms with Crippen LogP contribution in [0.25, 0.3) is 0 Å². The monoisotopic (exact) mass is 236 g/mol. The van der Waals surface area contributed by atoms with E-state index in [4.69, 9.17) is 0 Å². The van der Waals surface area contributed by atoms with E-state index in [0.29, 0.717) is 12.6 Å². The molecule has 1 aromatic carbocycles. The Kier molecular flexibility index (Phi) is 5.12. The number of hydrogen-bond donors (Lipinski definition) is 2. The first-order chi connectivity index (χ1) is 7.92. The van der Waals surface area contributed by atoms with E-state index in [1.54, 1.807) is 0 Å². The van der Waals surface area contributed by atoms with Gasteiger partial charge in [0.25, 0.3) is 0 Å². The van der Waals surface area contributed by atoms with Gasteiger partial charge in [-0.3, -0.25) is 0 Å². The minimum atomic E-state index is -0.818. The molecular formula is C14H24N2O. The van der Waals surface area contributed by atoms with Gasteiger partial charge in [0.15, 0.2) is 0 Å². The molecule has 3 heteroatoms. The molecule has 0 bridgehead atoms. The highest BCUT2D eigenvalue weighted by Crippen LogP contribution is 2.18. The number of hydrogen-bond acceptors (Lipinski definition) is 3. The summed E-state index contributed by atoms with van der Waals surface area (Å²) in [5, 5.41) is 13.8. The third-order valence-corrected chi connectivity index (χ3v) is 2.83. The molecule has 0 aliphatic rings. The fraction of sp³-hybridized carbons (Fsp3) is 0.571. The van der Waals surface area contributed by atoms with Gasteiger partial charge in [-0.05, 0) is 33.5 Å². The normalized spacial score (nSPS) is 16.8. The van der Waals surface area contributed by atoms with Gasteiger partial charge in [-0.1, -0.05) is 30.3 Å². The Hall–Kier alpha value is -0.900. The fourth-order valence-electron chi connectivity index (χ4n) is 1.88. The van der Waals surface area contributed by atoms with E-state index >= 15 is 0 Å². The number of aliphatic hydroxyl groups is 1. The molecule has 1 rings (SSSR count). The lowest BCUT2D eigenvalue weighted by Crippen LogP contribution is -2.43. The molecule has 3 nitrogen and oxygen atoms in total. The van der Waals surface area contributed by atoms with Crippen molar-refractivity contribution in [2.24, 2.45) is 0 Å². The second-order valence-electron chi connectivity index (χ2n) is 5.18. The first-order valence-corrected chi connectivity index (χ1v) is 6.08. The third kappa shape index (κ3) is 4.86. The Balaban J connectivity index is 2.50. The van der Waals surface area contributed by atoms with Crippen LogP contribution in [0.15, 0.2) is 30.3 Å². The zero-order valence-electron chi connectivity index (χ0n) is 11.3. The summed E-state index contributed by atoms with van der Waals surface area (Å²) in [5.41, 5.74) is 0.131. The molecule has 0 spiro atoms. The van der Waals surface area contributed by atoms with Gasteiger partial charge in [-0.15, -0.1) is 0 Å². The van der Waals surface area contributed by atoms with Gasteiger partial charge in [0.05, 0.1) is 5.60 Å². The smallest absolute Gasteiger partial charge is 0.0992 e. The van der Waals surface area contributed by atoms with Crippen molar-refractivity contribution >= 4 is 0 Å². The Labute approximate surface area is 104 Å². The van der Waals surface area contributed by atoms with Crippen molar-refractivity contribution in [1.82, 2.24) is 10.2 Å². The second kappa shape index (κ2) is 6.15. The van der Waals surface area contributed by atoms with Crippen molar-refractivity contribution < 1.29 is 5.11 Å². The fourth-order valence-corrected chi connectivity index (χ4v) is 1.88. The molecule has 0 heterocycles. The maximum Gasteiger partial charge on any atom is 0.0992 e. The molecule has 0 radical (unpaired) electrons. The van der Waals surface area contributed by atoms with E-state index in [9.17, 15) is 5.11 Å². The number of benzene rings is 1. The highest BCUT2D eigenvalue weighted by molar-refractivity contribution is 5.21. The summed E-state index contributed by atoms with van der Waals surface area (Å²) in [4.78, 5) is 2.13. The third-order valence-electron chi connectivity index (χ3n) is 2.83. The van der Waals surface area contributed by atoms with E-state index in [2.05, 4.69) is 17.1 Å². The van der Waals surface area contributed by atoms with Crippen molar-refractivity contribution in [3.8, 4) is 0 Å². The van der Waals surface area contributed by atoms with Crippen molar-refractivity contribution in [2.45, 2.75) is 25.5 Å². The van der Waals surface area contributed by atoms with Crippen LogP contribution in [-0.2, 0) is 5.60 Å². The quantitative estimate of drug-likeness (QED) is 0.784. The maximum absolute atomic E-state index is 10.4. The molecule has 2 atom stereocenters. The number of nitrogens with zero attached hydrogens (tertiary/aromatic N) is 1. The molecule has 1 aromatic rings. The minimum absolute atomic E-state index is 0.361. The standard InChI is InChI=1S/C14H24N2O/c1-12(10-16(3)4)15-11-14(2,17)13-8-6-5-7-9-13/h5-9,12,15,17H,10-11H2,1-4H3. The predicted octanol–water partition coefficient (Wildman–Crippen LogP) is 1.43. The van der Waals surface area contributed by atoms with E-state index in [1.807, 2.05) is 51.4 Å². The summed E-state index contributed by atoms with van der Waals surface area (Å²) in [7, 11) is 4.10. The predicted molar refractivity (Wildman–Crippen MR) is 72.0 cm³/mol. The van der Waals surface area contributed by atoms with Gasteiger partial charge >= 0.3 is 0 Å². The highest BCUT2D eigenvalue weighted by atomic mass is 16.3. The van der Waals surface area contributed by atoms with Crippen LogP contribution in [0.4, 0.5) is 0 Å². The zero-order chi connectivity index (χ0) is 12.9. The largest absolute Gasteiger partial charge is 0.384 e. The summed E-state index contributed by atoms with van der Waals surface area (Å²) in [6.45, 7) is 5.50. The van der Waals surface area contributed by atoms with Crippen LogP contribution in [0.2, 0.25) is 0 Å². The zero-order valence-corrected chi connectivity index (χ0v) is 11.3. The molecule has 0 aliphatic heterocycles. The number of rotatable bonds is 6. The van der Waals surface area contributed by atoms with Gasteiger partial charge < -0.3 is 15.3 Å². The van der Waals surface area contributed by atoms with Crippen molar-refractivity contribution in [2.75, 3.05) is 27.2 Å². The Morgan fingerprint density at radius 2 is 1.88 bits per heavy atom. The number of nitrogens with one attached hydrogen (secondary N) is 1. The lowest BCUT2D eigenvalue weighted by molar-refractivity contribution is 0.0534. The minimum Gasteiger partial charge on any atom is -0.384 e. The second-order valence-corrected chi connectivity index (χ2v) is 5.18. The van der Waals surface area contributed by atoms with Crippen LogP contribution >= 0.6 is 0 Å². The summed E-state index contributed by atoms with van der Waals surface area (Å²) in [6.07, 6.45) is 0. The van der Waals surface area contributed by atoms with Crippen molar-refractivity contribution in [3.63, 3.8) is 0 Å². The van der Waals surface area contributed by atoms with E-state index in [1.165, 1.54) is 0 Å². The molecule has 96 valence electrons. The van der Waals surface area contributed by atoms with Crippen LogP contribution in [0.5, 0.6) is 0 Å². The highest BCUT2D eigenvalue weighted by Gasteiger charge is 2.22. The molecule has 2 unspecified atom stereocenters. The topological polar surface area (TPSA) is 35.5 Å². The maximum atomic E-state index is 10.4. The van der Waals surface area contributed by atoms with E-state index in [-0.39, 0.29) is 0 Å². The van der Waals surface area contributed by atoms with E-state index < -0.39 is 5.60 Å². The van der Waals surface area contributed by atoms with Gasteiger partial charge in [-0.2, -0.15) is 0 Å².